The van der Waals surface area contributed by atoms with Gasteiger partial charge < -0.3 is 50.3 Å². The van der Waals surface area contributed by atoms with Gasteiger partial charge in [-0.2, -0.15) is 0 Å². The van der Waals surface area contributed by atoms with Crippen LogP contribution < -0.4 is 16.0 Å². The van der Waals surface area contributed by atoms with E-state index in [-0.39, 0.29) is 38.1 Å². The number of likely N-dealkylation sites (N-methyl/N-ethyl adjacent to an activating group) is 4. The van der Waals surface area contributed by atoms with Gasteiger partial charge in [0.25, 0.3) is 5.91 Å². The van der Waals surface area contributed by atoms with E-state index in [1.54, 1.807) is 78.8 Å². The minimum Gasteiger partial charge on any atom is -0.450 e. The molecule has 2 fully saturated rings. The normalized spacial score (nSPS) is 25.3. The molecule has 4 N–H and O–H groups in total. The zero-order chi connectivity index (χ0) is 64.2. The summed E-state index contributed by atoms with van der Waals surface area (Å²) in [6.45, 7) is 20.6. The molecule has 0 bridgehead atoms. The fourth-order valence-electron chi connectivity index (χ4n) is 11.9. The maximum atomic E-state index is 15.6. The second kappa shape index (κ2) is 30.7. The number of esters is 1. The number of amides is 8. The van der Waals surface area contributed by atoms with Crippen LogP contribution in [-0.2, 0) is 60.7 Å². The minimum absolute atomic E-state index is 0.0134. The average molecular weight is 1210 g/mol. The van der Waals surface area contributed by atoms with Crippen LogP contribution in [0.25, 0.3) is 11.1 Å². The number of ether oxygens (including phenoxy) is 1. The fraction of sp³-hybridized carbons (Fsp3) is 0.591. The Kier molecular flexibility index (Phi) is 24.9. The van der Waals surface area contributed by atoms with Gasteiger partial charge in [0.2, 0.25) is 41.4 Å². The summed E-state index contributed by atoms with van der Waals surface area (Å²) >= 11 is 6.36. The van der Waals surface area contributed by atoms with E-state index in [1.807, 2.05) is 69.3 Å². The number of carbonyl (C=O) groups is 9. The first-order chi connectivity index (χ1) is 40.3. The van der Waals surface area contributed by atoms with Crippen molar-refractivity contribution >= 4 is 64.8 Å². The maximum absolute atomic E-state index is 15.6. The zero-order valence-electron chi connectivity index (χ0n) is 53.4. The number of nitrogens with one attached hydrogen (secondary N) is 3. The maximum Gasteiger partial charge on any atom is 0.332 e. The second-order valence-corrected chi connectivity index (χ2v) is 25.8. The highest BCUT2D eigenvalue weighted by Gasteiger charge is 2.48. The topological polar surface area (TPSA) is 235 Å². The summed E-state index contributed by atoms with van der Waals surface area (Å²) in [4.78, 5) is 142. The van der Waals surface area contributed by atoms with Crippen molar-refractivity contribution in [3.05, 3.63) is 95.0 Å². The molecule has 3 aromatic carbocycles. The molecule has 0 aliphatic carbocycles. The third-order valence-corrected chi connectivity index (χ3v) is 17.3. The quantitative estimate of drug-likeness (QED) is 0.124. The lowest BCUT2D eigenvalue weighted by atomic mass is 9.93. The zero-order valence-corrected chi connectivity index (χ0v) is 54.1. The number of hydrogen-bond acceptors (Lipinski definition) is 11. The lowest BCUT2D eigenvalue weighted by Gasteiger charge is -2.39. The summed E-state index contributed by atoms with van der Waals surface area (Å²) in [6, 6.07) is 13.6. The van der Waals surface area contributed by atoms with Crippen molar-refractivity contribution in [1.82, 2.24) is 40.4 Å². The number of nitrogens with zero attached hydrogens (tertiary/aromatic N) is 5. The molecule has 2 unspecified atom stereocenters. The van der Waals surface area contributed by atoms with Crippen molar-refractivity contribution in [3.63, 3.8) is 0 Å². The number of halogens is 1. The van der Waals surface area contributed by atoms with Crippen molar-refractivity contribution in [1.29, 1.82) is 0 Å². The monoisotopic (exact) mass is 1210 g/mol. The largest absolute Gasteiger partial charge is 0.450 e. The van der Waals surface area contributed by atoms with E-state index >= 15 is 19.2 Å². The van der Waals surface area contributed by atoms with Gasteiger partial charge in [0.05, 0.1) is 5.60 Å². The number of fused-ring (bicyclic) bond motifs is 1. The highest BCUT2D eigenvalue weighted by Crippen LogP contribution is 2.29. The van der Waals surface area contributed by atoms with Crippen LogP contribution in [0.15, 0.2) is 78.9 Å². The molecule has 86 heavy (non-hydrogen) atoms. The molecule has 2 aliphatic heterocycles. The van der Waals surface area contributed by atoms with Crippen LogP contribution in [0.4, 0.5) is 0 Å². The van der Waals surface area contributed by atoms with Crippen LogP contribution in [0.2, 0.25) is 5.02 Å². The molecule has 0 radical (unpaired) electrons. The average Bonchev–Trinajstić information content (AvgIpc) is 1.84. The lowest BCUT2D eigenvalue weighted by molar-refractivity contribution is -0.177. The minimum atomic E-state index is -1.98. The van der Waals surface area contributed by atoms with Crippen LogP contribution >= 0.6 is 11.6 Å². The SMILES string of the molecule is CCC(C)[C@@H]1NC(=O)[C@@H]2CCCN2C(=O)[C@H](Cc2ccc(-c3cccc(Cl)c3)cc2)N(C)C(=O)[C@H](Cc2ccccc2)NC(=O)[C@H](C(C)C)N(C)C(=O)[C@@H](C(C)CC)OC(=O)[C@H](C(C)(C)O)N(C)C(=O)[C@H](CC(C)C)NC(=O)[C@H](C(C)C)N(C)C1=O. The molecule has 0 aromatic heterocycles. The molecule has 20 heteroatoms. The molecule has 3 aromatic rings. The summed E-state index contributed by atoms with van der Waals surface area (Å²) in [5.74, 6) is -8.86. The van der Waals surface area contributed by atoms with Crippen molar-refractivity contribution < 1.29 is 53.0 Å². The molecule has 2 heterocycles. The van der Waals surface area contributed by atoms with Gasteiger partial charge >= 0.3 is 5.97 Å². The first-order valence-electron chi connectivity index (χ1n) is 30.4. The molecule has 472 valence electrons. The Morgan fingerprint density at radius 2 is 1.14 bits per heavy atom. The third kappa shape index (κ3) is 17.2. The third-order valence-electron chi connectivity index (χ3n) is 17.1. The van der Waals surface area contributed by atoms with Gasteiger partial charge in [-0.1, -0.05) is 154 Å². The summed E-state index contributed by atoms with van der Waals surface area (Å²) < 4.78 is 6.12. The van der Waals surface area contributed by atoms with Gasteiger partial charge in [0, 0.05) is 58.5 Å². The van der Waals surface area contributed by atoms with Crippen molar-refractivity contribution in [3.8, 4) is 11.1 Å². The molecule has 0 saturated carbocycles. The Morgan fingerprint density at radius 1 is 0.593 bits per heavy atom. The van der Waals surface area contributed by atoms with Gasteiger partial charge in [-0.25, -0.2) is 4.79 Å². The predicted molar refractivity (Wildman–Crippen MR) is 332 cm³/mol. The first kappa shape index (κ1) is 69.9. The van der Waals surface area contributed by atoms with Gasteiger partial charge in [-0.3, -0.25) is 38.4 Å². The number of benzene rings is 3. The number of carbonyl (C=O) groups excluding carboxylic acids is 9. The standard InChI is InChI=1S/C66H95ClN8O11/c1-17-41(9)52-63(82)72(14)53(39(5)6)58(77)68-48(34-38(3)4)61(80)74(16)56(66(11,12)85)65(84)86-55(42(10)18-2)64(83)73(15)54(40(7)8)59(78)69-49(35-43-24-20-19-21-25-43)60(79)71(13)51(62(81)75-33-23-28-50(75)57(76)70-52)36-44-29-31-45(32-30-44)46-26-22-27-47(67)37-46/h19-22,24-27,29-32,37-42,48-56,85H,17-18,23,28,33-36H2,1-16H3,(H,68,77)(H,69,78)(H,70,76)/t41?,42?,48-,49-,50-,51-,52-,53-,54-,55+,56+/m0/s1. The lowest BCUT2D eigenvalue weighted by Crippen LogP contribution is -2.63. The van der Waals surface area contributed by atoms with Gasteiger partial charge in [0.1, 0.15) is 42.3 Å². The summed E-state index contributed by atoms with van der Waals surface area (Å²) in [6.07, 6.45) is -0.0858. The van der Waals surface area contributed by atoms with Crippen molar-refractivity contribution in [2.75, 3.05) is 34.7 Å². The predicted octanol–water partition coefficient (Wildman–Crippen LogP) is 6.69. The smallest absolute Gasteiger partial charge is 0.332 e. The van der Waals surface area contributed by atoms with E-state index in [9.17, 15) is 29.1 Å². The number of aliphatic hydroxyl groups is 1. The van der Waals surface area contributed by atoms with Crippen molar-refractivity contribution in [2.45, 2.75) is 188 Å². The number of cyclic esters (lactones) is 1. The molecule has 2 aliphatic rings. The van der Waals surface area contributed by atoms with E-state index in [4.69, 9.17) is 16.3 Å². The molecule has 11 atom stereocenters. The summed E-state index contributed by atoms with van der Waals surface area (Å²) in [7, 11) is 5.66. The van der Waals surface area contributed by atoms with Crippen LogP contribution in [-0.4, -0.2) is 178 Å². The Labute approximate surface area is 514 Å². The van der Waals surface area contributed by atoms with Crippen LogP contribution in [0, 0.1) is 29.6 Å². The van der Waals surface area contributed by atoms with E-state index in [1.165, 1.54) is 61.6 Å². The number of rotatable bonds is 14. The van der Waals surface area contributed by atoms with Gasteiger partial charge in [-0.15, -0.1) is 0 Å². The molecule has 8 amide bonds. The van der Waals surface area contributed by atoms with Crippen molar-refractivity contribution in [2.24, 2.45) is 29.6 Å². The highest BCUT2D eigenvalue weighted by molar-refractivity contribution is 6.30. The Hall–Kier alpha value is -6.86. The first-order valence-corrected chi connectivity index (χ1v) is 30.8. The molecule has 0 spiro atoms. The molecular weight excluding hydrogens is 1120 g/mol. The van der Waals surface area contributed by atoms with Gasteiger partial charge in [0.15, 0.2) is 12.1 Å². The molecule has 19 nitrogen and oxygen atoms in total. The Bertz CT molecular complexity index is 2860. The van der Waals surface area contributed by atoms with E-state index < -0.39 is 137 Å². The van der Waals surface area contributed by atoms with Crippen LogP contribution in [0.3, 0.4) is 0 Å². The Morgan fingerprint density at radius 3 is 1.67 bits per heavy atom. The van der Waals surface area contributed by atoms with E-state index in [2.05, 4.69) is 16.0 Å². The molecule has 5 rings (SSSR count). The summed E-state index contributed by atoms with van der Waals surface area (Å²) in [5.41, 5.74) is 1.09. The Balaban J connectivity index is 1.72. The molecular formula is C66H95ClN8O11. The molecule has 2 saturated heterocycles. The highest BCUT2D eigenvalue weighted by atomic mass is 35.5. The van der Waals surface area contributed by atoms with Gasteiger partial charge in [-0.05, 0) is 97.6 Å². The van der Waals surface area contributed by atoms with E-state index in [0.29, 0.717) is 35.4 Å². The number of hydrogen-bond donors (Lipinski definition) is 4. The van der Waals surface area contributed by atoms with E-state index in [0.717, 1.165) is 16.0 Å². The van der Waals surface area contributed by atoms with Crippen LogP contribution in [0.5, 0.6) is 0 Å². The van der Waals surface area contributed by atoms with Crippen LogP contribution in [0.1, 0.15) is 126 Å². The summed E-state index contributed by atoms with van der Waals surface area (Å²) in [5, 5.41) is 21.1. The fourth-order valence-corrected chi connectivity index (χ4v) is 12.0. The second-order valence-electron chi connectivity index (χ2n) is 25.4.